The van der Waals surface area contributed by atoms with Crippen molar-refractivity contribution in [2.75, 3.05) is 0 Å². The number of aromatic nitrogens is 4. The summed E-state index contributed by atoms with van der Waals surface area (Å²) in [5.74, 6) is -0.431. The van der Waals surface area contributed by atoms with E-state index >= 15 is 0 Å². The van der Waals surface area contributed by atoms with E-state index in [2.05, 4.69) is 19.9 Å². The van der Waals surface area contributed by atoms with Crippen molar-refractivity contribution in [3.63, 3.8) is 0 Å². The smallest absolute Gasteiger partial charge is 0.181 e. The second-order valence-corrected chi connectivity index (χ2v) is 5.24. The summed E-state index contributed by atoms with van der Waals surface area (Å²) in [6.45, 7) is 1.54. The zero-order chi connectivity index (χ0) is 14.1. The van der Waals surface area contributed by atoms with Gasteiger partial charge in [-0.15, -0.1) is 0 Å². The fourth-order valence-electron chi connectivity index (χ4n) is 1.94. The molecule has 0 radical (unpaired) electrons. The number of fused-ring (bicyclic) bond motifs is 1. The van der Waals surface area contributed by atoms with Gasteiger partial charge in [-0.3, -0.25) is 0 Å². The summed E-state index contributed by atoms with van der Waals surface area (Å²) in [5.41, 5.74) is 1.51. The highest BCUT2D eigenvalue weighted by atomic mass is 32.2. The Morgan fingerprint density at radius 3 is 2.95 bits per heavy atom. The van der Waals surface area contributed by atoms with Gasteiger partial charge >= 0.3 is 0 Å². The summed E-state index contributed by atoms with van der Waals surface area (Å²) in [6.07, 6.45) is 2.05. The molecule has 5 nitrogen and oxygen atoms in total. The highest BCUT2D eigenvalue weighted by molar-refractivity contribution is 7.99. The first-order chi connectivity index (χ1) is 9.66. The molecule has 0 saturated heterocycles. The number of aliphatic hydroxyl groups is 1. The van der Waals surface area contributed by atoms with E-state index in [-0.39, 0.29) is 5.56 Å². The number of halogens is 1. The van der Waals surface area contributed by atoms with Crippen LogP contribution in [0.25, 0.3) is 11.2 Å². The summed E-state index contributed by atoms with van der Waals surface area (Å²) in [7, 11) is 0. The Morgan fingerprint density at radius 2 is 2.15 bits per heavy atom. The summed E-state index contributed by atoms with van der Waals surface area (Å²) >= 11 is 1.27. The molecular formula is C13H11FN4OS. The summed E-state index contributed by atoms with van der Waals surface area (Å²) in [4.78, 5) is 15.8. The number of imidazole rings is 1. The number of rotatable bonds is 3. The molecule has 0 saturated carbocycles. The van der Waals surface area contributed by atoms with Crippen molar-refractivity contribution in [2.24, 2.45) is 0 Å². The van der Waals surface area contributed by atoms with Crippen molar-refractivity contribution in [1.29, 1.82) is 0 Å². The van der Waals surface area contributed by atoms with Gasteiger partial charge in [-0.25, -0.2) is 19.3 Å². The lowest BCUT2D eigenvalue weighted by molar-refractivity contribution is 0.191. The molecular weight excluding hydrogens is 279 g/mol. The number of hydrogen-bond donors (Lipinski definition) is 2. The second kappa shape index (κ2) is 5.18. The molecule has 2 heterocycles. The number of nitrogens with one attached hydrogen (secondary N) is 1. The minimum absolute atomic E-state index is 0.267. The van der Waals surface area contributed by atoms with Crippen LogP contribution in [0.4, 0.5) is 4.39 Å². The van der Waals surface area contributed by atoms with E-state index in [4.69, 9.17) is 0 Å². The Hall–Kier alpha value is -1.99. The third-order valence-electron chi connectivity index (χ3n) is 2.83. The Kier molecular flexibility index (Phi) is 3.37. The number of hydrogen-bond acceptors (Lipinski definition) is 5. The molecule has 20 heavy (non-hydrogen) atoms. The summed E-state index contributed by atoms with van der Waals surface area (Å²) in [6, 6.07) is 4.69. The maximum Gasteiger partial charge on any atom is 0.181 e. The van der Waals surface area contributed by atoms with Gasteiger partial charge in [0.25, 0.3) is 0 Å². The zero-order valence-electron chi connectivity index (χ0n) is 10.5. The van der Waals surface area contributed by atoms with Gasteiger partial charge in [0.15, 0.2) is 5.65 Å². The van der Waals surface area contributed by atoms with Crippen molar-refractivity contribution >= 4 is 22.9 Å². The van der Waals surface area contributed by atoms with Gasteiger partial charge in [0.2, 0.25) is 0 Å². The van der Waals surface area contributed by atoms with E-state index < -0.39 is 11.9 Å². The average molecular weight is 290 g/mol. The Balaban J connectivity index is 2.08. The molecule has 2 aromatic heterocycles. The monoisotopic (exact) mass is 290 g/mol. The average Bonchev–Trinajstić information content (AvgIpc) is 2.87. The molecule has 1 atom stereocenters. The van der Waals surface area contributed by atoms with Crippen LogP contribution < -0.4 is 0 Å². The molecule has 2 N–H and O–H groups in total. The summed E-state index contributed by atoms with van der Waals surface area (Å²) < 4.78 is 13.8. The number of nitrogens with zero attached hydrogens (tertiary/aromatic N) is 3. The molecule has 0 spiro atoms. The first-order valence-corrected chi connectivity index (χ1v) is 6.77. The zero-order valence-corrected chi connectivity index (χ0v) is 11.4. The van der Waals surface area contributed by atoms with Crippen LogP contribution >= 0.6 is 11.8 Å². The van der Waals surface area contributed by atoms with E-state index in [9.17, 15) is 9.50 Å². The molecule has 102 valence electrons. The number of aromatic amines is 1. The highest BCUT2D eigenvalue weighted by Gasteiger charge is 2.16. The molecule has 0 fully saturated rings. The van der Waals surface area contributed by atoms with Crippen LogP contribution in [0.2, 0.25) is 0 Å². The minimum atomic E-state index is -0.891. The summed E-state index contributed by atoms with van der Waals surface area (Å²) in [5, 5.41) is 10.4. The van der Waals surface area contributed by atoms with Gasteiger partial charge in [0.1, 0.15) is 22.7 Å². The van der Waals surface area contributed by atoms with Gasteiger partial charge in [-0.1, -0.05) is 17.8 Å². The Bertz CT molecular complexity index is 759. The largest absolute Gasteiger partial charge is 0.389 e. The molecule has 0 aliphatic rings. The SMILES string of the molecule is CC(O)c1c(F)cccc1Sc1ncnc2nc[nH]c12. The van der Waals surface area contributed by atoms with Crippen LogP contribution in [0.3, 0.4) is 0 Å². The second-order valence-electron chi connectivity index (χ2n) is 4.21. The predicted molar refractivity (Wildman–Crippen MR) is 72.8 cm³/mol. The molecule has 3 aromatic rings. The Morgan fingerprint density at radius 1 is 1.30 bits per heavy atom. The number of benzene rings is 1. The quantitative estimate of drug-likeness (QED) is 0.725. The van der Waals surface area contributed by atoms with Crippen LogP contribution in [-0.4, -0.2) is 25.0 Å². The molecule has 3 rings (SSSR count). The third kappa shape index (κ3) is 2.25. The van der Waals surface area contributed by atoms with Gasteiger partial charge in [0, 0.05) is 10.5 Å². The van der Waals surface area contributed by atoms with E-state index in [1.54, 1.807) is 12.1 Å². The topological polar surface area (TPSA) is 74.7 Å². The first-order valence-electron chi connectivity index (χ1n) is 5.95. The molecule has 0 aliphatic heterocycles. The molecule has 1 aromatic carbocycles. The van der Waals surface area contributed by atoms with Crippen molar-refractivity contribution in [1.82, 2.24) is 19.9 Å². The molecule has 0 aliphatic carbocycles. The maximum atomic E-state index is 13.8. The van der Waals surface area contributed by atoms with Crippen LogP contribution in [0.1, 0.15) is 18.6 Å². The normalized spacial score (nSPS) is 12.8. The van der Waals surface area contributed by atoms with Crippen LogP contribution in [0.15, 0.2) is 40.8 Å². The lowest BCUT2D eigenvalue weighted by Gasteiger charge is -2.12. The Labute approximate surface area is 118 Å². The fourth-order valence-corrected chi connectivity index (χ4v) is 3.02. The fraction of sp³-hybridized carbons (Fsp3) is 0.154. The van der Waals surface area contributed by atoms with E-state index in [0.717, 1.165) is 0 Å². The molecule has 1 unspecified atom stereocenters. The molecule has 0 bridgehead atoms. The van der Waals surface area contributed by atoms with Crippen LogP contribution in [0.5, 0.6) is 0 Å². The van der Waals surface area contributed by atoms with E-state index in [0.29, 0.717) is 21.1 Å². The molecule has 7 heteroatoms. The highest BCUT2D eigenvalue weighted by Crippen LogP contribution is 2.35. The minimum Gasteiger partial charge on any atom is -0.389 e. The maximum absolute atomic E-state index is 13.8. The first kappa shape index (κ1) is 13.0. The van der Waals surface area contributed by atoms with Crippen molar-refractivity contribution in [3.8, 4) is 0 Å². The van der Waals surface area contributed by atoms with Crippen molar-refractivity contribution < 1.29 is 9.50 Å². The predicted octanol–water partition coefficient (Wildman–Crippen LogP) is 2.70. The third-order valence-corrected chi connectivity index (χ3v) is 3.90. The number of H-pyrrole nitrogens is 1. The molecule has 0 amide bonds. The lowest BCUT2D eigenvalue weighted by Crippen LogP contribution is -1.99. The van der Waals surface area contributed by atoms with Crippen molar-refractivity contribution in [3.05, 3.63) is 42.2 Å². The number of aliphatic hydroxyl groups excluding tert-OH is 1. The lowest BCUT2D eigenvalue weighted by atomic mass is 10.1. The van der Waals surface area contributed by atoms with Crippen LogP contribution in [-0.2, 0) is 0 Å². The standard InChI is InChI=1S/C13H11FN4OS/c1-7(19)10-8(14)3-2-4-9(10)20-13-11-12(16-5-15-11)17-6-18-13/h2-7,19H,1H3,(H,15,16,17,18). The van der Waals surface area contributed by atoms with Gasteiger partial charge in [0.05, 0.1) is 12.4 Å². The van der Waals surface area contributed by atoms with E-state index in [1.165, 1.54) is 37.4 Å². The van der Waals surface area contributed by atoms with Crippen molar-refractivity contribution in [2.45, 2.75) is 22.9 Å². The van der Waals surface area contributed by atoms with Crippen LogP contribution in [0, 0.1) is 5.82 Å². The van der Waals surface area contributed by atoms with Gasteiger partial charge in [-0.2, -0.15) is 0 Å². The van der Waals surface area contributed by atoms with Gasteiger partial charge < -0.3 is 10.1 Å². The van der Waals surface area contributed by atoms with Gasteiger partial charge in [-0.05, 0) is 19.1 Å². The van der Waals surface area contributed by atoms with E-state index in [1.807, 2.05) is 0 Å².